The summed E-state index contributed by atoms with van der Waals surface area (Å²) in [5.74, 6) is -0.0470. The first-order valence-corrected chi connectivity index (χ1v) is 9.80. The number of halogens is 2. The van der Waals surface area contributed by atoms with Crippen molar-refractivity contribution in [1.82, 2.24) is 10.2 Å². The molecule has 0 spiro atoms. The zero-order chi connectivity index (χ0) is 20.2. The van der Waals surface area contributed by atoms with Gasteiger partial charge in [0.1, 0.15) is 5.60 Å². The molecule has 150 valence electrons. The average Bonchev–Trinajstić information content (AvgIpc) is 2.52. The highest BCUT2D eigenvalue weighted by Gasteiger charge is 2.32. The standard InChI is InChI=1S/C19H27Cl2N3O3/c1-12-16(23-18(26)27-19(2,3)4)6-5-7-24(12)17(25)11-22-15-9-13(20)8-14(21)10-15/h8-10,12,16,22H,5-7,11H2,1-4H3,(H,23,26). The van der Waals surface area contributed by atoms with Gasteiger partial charge in [-0.2, -0.15) is 0 Å². The third-order valence-corrected chi connectivity index (χ3v) is 4.75. The number of nitrogens with zero attached hydrogens (tertiary/aromatic N) is 1. The SMILES string of the molecule is CC1C(NC(=O)OC(C)(C)C)CCCN1C(=O)CNc1cc(Cl)cc(Cl)c1. The van der Waals surface area contributed by atoms with Gasteiger partial charge in [-0.15, -0.1) is 0 Å². The Morgan fingerprint density at radius 1 is 1.22 bits per heavy atom. The van der Waals surface area contributed by atoms with Crippen molar-refractivity contribution in [3.63, 3.8) is 0 Å². The number of nitrogens with one attached hydrogen (secondary N) is 2. The van der Waals surface area contributed by atoms with Crippen molar-refractivity contribution in [2.75, 3.05) is 18.4 Å². The number of ether oxygens (including phenoxy) is 1. The number of benzene rings is 1. The van der Waals surface area contributed by atoms with Gasteiger partial charge < -0.3 is 20.3 Å². The molecule has 1 aromatic rings. The fourth-order valence-electron chi connectivity index (χ4n) is 3.08. The van der Waals surface area contributed by atoms with Crippen LogP contribution in [0.5, 0.6) is 0 Å². The minimum Gasteiger partial charge on any atom is -0.444 e. The fourth-order valence-corrected chi connectivity index (χ4v) is 3.61. The Kier molecular flexibility index (Phi) is 7.23. The van der Waals surface area contributed by atoms with Crippen molar-refractivity contribution >= 4 is 40.9 Å². The number of piperidine rings is 1. The second-order valence-electron chi connectivity index (χ2n) is 7.73. The second-order valence-corrected chi connectivity index (χ2v) is 8.61. The predicted octanol–water partition coefficient (Wildman–Crippen LogP) is 4.31. The molecule has 0 aliphatic carbocycles. The summed E-state index contributed by atoms with van der Waals surface area (Å²) in [7, 11) is 0. The van der Waals surface area contributed by atoms with Gasteiger partial charge in [0.15, 0.2) is 0 Å². The Hall–Kier alpha value is -1.66. The van der Waals surface area contributed by atoms with Crippen molar-refractivity contribution in [3.8, 4) is 0 Å². The molecule has 0 radical (unpaired) electrons. The van der Waals surface area contributed by atoms with Crippen LogP contribution in [0.4, 0.5) is 10.5 Å². The van der Waals surface area contributed by atoms with E-state index in [2.05, 4.69) is 10.6 Å². The molecule has 1 fully saturated rings. The highest BCUT2D eigenvalue weighted by Crippen LogP contribution is 2.23. The van der Waals surface area contributed by atoms with E-state index in [1.807, 2.05) is 27.7 Å². The molecule has 2 amide bonds. The summed E-state index contributed by atoms with van der Waals surface area (Å²) >= 11 is 12.0. The Morgan fingerprint density at radius 2 is 1.85 bits per heavy atom. The van der Waals surface area contributed by atoms with Crippen molar-refractivity contribution in [2.45, 2.75) is 58.2 Å². The van der Waals surface area contributed by atoms with E-state index in [-0.39, 0.29) is 24.5 Å². The maximum absolute atomic E-state index is 12.7. The van der Waals surface area contributed by atoms with Crippen molar-refractivity contribution in [1.29, 1.82) is 0 Å². The third-order valence-electron chi connectivity index (χ3n) is 4.32. The van der Waals surface area contributed by atoms with Gasteiger partial charge in [0.2, 0.25) is 5.91 Å². The van der Waals surface area contributed by atoms with Crippen molar-refractivity contribution < 1.29 is 14.3 Å². The summed E-state index contributed by atoms with van der Waals surface area (Å²) in [5, 5.41) is 6.96. The molecule has 1 saturated heterocycles. The predicted molar refractivity (Wildman–Crippen MR) is 109 cm³/mol. The van der Waals surface area contributed by atoms with Crippen LogP contribution < -0.4 is 10.6 Å². The number of likely N-dealkylation sites (tertiary alicyclic amines) is 1. The van der Waals surface area contributed by atoms with E-state index in [9.17, 15) is 9.59 Å². The summed E-state index contributed by atoms with van der Waals surface area (Å²) in [4.78, 5) is 26.5. The number of carbonyl (C=O) groups is 2. The molecule has 1 aromatic carbocycles. The zero-order valence-corrected chi connectivity index (χ0v) is 17.7. The molecule has 2 rings (SSSR count). The Balaban J connectivity index is 1.92. The molecule has 2 N–H and O–H groups in total. The van der Waals surface area contributed by atoms with Crippen LogP contribution in [0.2, 0.25) is 10.0 Å². The lowest BCUT2D eigenvalue weighted by atomic mass is 9.97. The minimum absolute atomic E-state index is 0.0470. The molecule has 0 aromatic heterocycles. The van der Waals surface area contributed by atoms with Crippen molar-refractivity contribution in [3.05, 3.63) is 28.2 Å². The lowest BCUT2D eigenvalue weighted by molar-refractivity contribution is -0.133. The molecule has 27 heavy (non-hydrogen) atoms. The number of carbonyl (C=O) groups excluding carboxylic acids is 2. The van der Waals surface area contributed by atoms with Crippen LogP contribution in [0.1, 0.15) is 40.5 Å². The Bertz CT molecular complexity index is 671. The topological polar surface area (TPSA) is 70.7 Å². The van der Waals surface area contributed by atoms with Crippen LogP contribution in [0.25, 0.3) is 0 Å². The van der Waals surface area contributed by atoms with E-state index in [0.717, 1.165) is 12.8 Å². The average molecular weight is 416 g/mol. The quantitative estimate of drug-likeness (QED) is 0.768. The summed E-state index contributed by atoms with van der Waals surface area (Å²) in [6, 6.07) is 4.80. The number of anilines is 1. The van der Waals surface area contributed by atoms with Gasteiger partial charge in [0.25, 0.3) is 0 Å². The van der Waals surface area contributed by atoms with Gasteiger partial charge >= 0.3 is 6.09 Å². The lowest BCUT2D eigenvalue weighted by Gasteiger charge is -2.40. The van der Waals surface area contributed by atoms with E-state index < -0.39 is 11.7 Å². The molecule has 8 heteroatoms. The monoisotopic (exact) mass is 415 g/mol. The number of hydrogen-bond acceptors (Lipinski definition) is 4. The first-order valence-electron chi connectivity index (χ1n) is 9.04. The second kappa shape index (κ2) is 9.02. The van der Waals surface area contributed by atoms with Crippen LogP contribution in [-0.4, -0.2) is 47.7 Å². The van der Waals surface area contributed by atoms with Crippen LogP contribution in [0, 0.1) is 0 Å². The Morgan fingerprint density at radius 3 is 2.44 bits per heavy atom. The molecule has 1 heterocycles. The van der Waals surface area contributed by atoms with Gasteiger partial charge in [0, 0.05) is 28.3 Å². The smallest absolute Gasteiger partial charge is 0.407 e. The minimum atomic E-state index is -0.556. The summed E-state index contributed by atoms with van der Waals surface area (Å²) in [6.45, 7) is 8.18. The van der Waals surface area contributed by atoms with Crippen LogP contribution in [-0.2, 0) is 9.53 Å². The summed E-state index contributed by atoms with van der Waals surface area (Å²) in [6.07, 6.45) is 1.17. The largest absolute Gasteiger partial charge is 0.444 e. The first-order chi connectivity index (χ1) is 12.5. The van der Waals surface area contributed by atoms with Gasteiger partial charge in [0.05, 0.1) is 12.6 Å². The van der Waals surface area contributed by atoms with E-state index >= 15 is 0 Å². The van der Waals surface area contributed by atoms with E-state index in [1.54, 1.807) is 23.1 Å². The van der Waals surface area contributed by atoms with Gasteiger partial charge in [-0.3, -0.25) is 4.79 Å². The molecule has 2 unspecified atom stereocenters. The highest BCUT2D eigenvalue weighted by atomic mass is 35.5. The van der Waals surface area contributed by atoms with Crippen LogP contribution in [0.3, 0.4) is 0 Å². The molecular formula is C19H27Cl2N3O3. The normalized spacial score (nSPS) is 20.1. The van der Waals surface area contributed by atoms with Crippen molar-refractivity contribution in [2.24, 2.45) is 0 Å². The fraction of sp³-hybridized carbons (Fsp3) is 0.579. The zero-order valence-electron chi connectivity index (χ0n) is 16.1. The molecule has 0 bridgehead atoms. The lowest BCUT2D eigenvalue weighted by Crippen LogP contribution is -2.57. The van der Waals surface area contributed by atoms with Gasteiger partial charge in [-0.25, -0.2) is 4.79 Å². The number of hydrogen-bond donors (Lipinski definition) is 2. The molecule has 0 saturated carbocycles. The third kappa shape index (κ3) is 6.78. The van der Waals surface area contributed by atoms with Crippen LogP contribution >= 0.6 is 23.2 Å². The molecule has 1 aliphatic rings. The van der Waals surface area contributed by atoms with Gasteiger partial charge in [-0.05, 0) is 58.7 Å². The maximum Gasteiger partial charge on any atom is 0.407 e. The molecule has 6 nitrogen and oxygen atoms in total. The summed E-state index contributed by atoms with van der Waals surface area (Å²) < 4.78 is 5.32. The Labute approximate surface area is 170 Å². The molecular weight excluding hydrogens is 389 g/mol. The van der Waals surface area contributed by atoms with E-state index in [1.165, 1.54) is 0 Å². The summed E-state index contributed by atoms with van der Waals surface area (Å²) in [5.41, 5.74) is 0.133. The number of alkyl carbamates (subject to hydrolysis) is 1. The first kappa shape index (κ1) is 21.6. The number of rotatable bonds is 4. The molecule has 1 aliphatic heterocycles. The van der Waals surface area contributed by atoms with Gasteiger partial charge in [-0.1, -0.05) is 23.2 Å². The highest BCUT2D eigenvalue weighted by molar-refractivity contribution is 6.35. The van der Waals surface area contributed by atoms with E-state index in [4.69, 9.17) is 27.9 Å². The molecule has 2 atom stereocenters. The van der Waals surface area contributed by atoms with Crippen LogP contribution in [0.15, 0.2) is 18.2 Å². The van der Waals surface area contributed by atoms with E-state index in [0.29, 0.717) is 22.3 Å². The number of amides is 2. The maximum atomic E-state index is 12.7.